The van der Waals surface area contributed by atoms with Gasteiger partial charge in [-0.3, -0.25) is 4.79 Å². The van der Waals surface area contributed by atoms with Crippen LogP contribution in [0.25, 0.3) is 0 Å². The maximum absolute atomic E-state index is 12.7. The molecule has 2 heterocycles. The first-order valence-electron chi connectivity index (χ1n) is 6.81. The number of carbonyl (C=O) groups is 1. The number of nitrogens with zero attached hydrogens (tertiary/aromatic N) is 1. The summed E-state index contributed by atoms with van der Waals surface area (Å²) >= 11 is 1.79. The average molecular weight is 286 g/mol. The molecule has 1 aliphatic rings. The number of amides is 1. The van der Waals surface area contributed by atoms with E-state index in [-0.39, 0.29) is 11.9 Å². The van der Waals surface area contributed by atoms with Crippen LogP contribution in [0.4, 0.5) is 5.69 Å². The fourth-order valence-electron chi connectivity index (χ4n) is 2.73. The molecule has 1 amide bonds. The number of carbonyl (C=O) groups excluding carboxylic acids is 1. The largest absolute Gasteiger partial charge is 0.398 e. The molecule has 1 aromatic carbocycles. The number of hydrogen-bond acceptors (Lipinski definition) is 3. The second kappa shape index (κ2) is 4.94. The van der Waals surface area contributed by atoms with E-state index in [9.17, 15) is 4.79 Å². The molecule has 2 N–H and O–H groups in total. The summed E-state index contributed by atoms with van der Waals surface area (Å²) in [5.74, 6) is 0.0704. The quantitative estimate of drug-likeness (QED) is 0.817. The third-order valence-corrected chi connectivity index (χ3v) is 5.06. The molecule has 20 heavy (non-hydrogen) atoms. The van der Waals surface area contributed by atoms with Crippen LogP contribution in [0.15, 0.2) is 29.6 Å². The normalized spacial score (nSPS) is 17.9. The minimum absolute atomic E-state index is 0.0704. The fourth-order valence-corrected chi connectivity index (χ4v) is 3.69. The van der Waals surface area contributed by atoms with Gasteiger partial charge in [0.25, 0.3) is 5.91 Å². The molecule has 0 aliphatic carbocycles. The third-order valence-electron chi connectivity index (χ3n) is 4.06. The molecule has 1 atom stereocenters. The first-order valence-corrected chi connectivity index (χ1v) is 7.69. The van der Waals surface area contributed by atoms with Crippen LogP contribution in [0.3, 0.4) is 0 Å². The topological polar surface area (TPSA) is 46.3 Å². The van der Waals surface area contributed by atoms with E-state index in [1.807, 2.05) is 24.0 Å². The summed E-state index contributed by atoms with van der Waals surface area (Å²) in [5.41, 5.74) is 9.56. The second-order valence-electron chi connectivity index (χ2n) is 5.30. The van der Waals surface area contributed by atoms with Gasteiger partial charge in [0.05, 0.1) is 6.04 Å². The Bertz CT molecular complexity index is 662. The molecule has 3 nitrogen and oxygen atoms in total. The number of nitrogen functional groups attached to an aromatic ring is 1. The van der Waals surface area contributed by atoms with Gasteiger partial charge in [0, 0.05) is 22.7 Å². The van der Waals surface area contributed by atoms with Gasteiger partial charge < -0.3 is 10.6 Å². The molecular weight excluding hydrogens is 268 g/mol. The van der Waals surface area contributed by atoms with Gasteiger partial charge in [-0.05, 0) is 55.0 Å². The van der Waals surface area contributed by atoms with Crippen molar-refractivity contribution in [3.05, 3.63) is 51.2 Å². The summed E-state index contributed by atoms with van der Waals surface area (Å²) in [7, 11) is 0. The lowest BCUT2D eigenvalue weighted by Crippen LogP contribution is -2.38. The summed E-state index contributed by atoms with van der Waals surface area (Å²) in [6.07, 6.45) is 0.949. The molecule has 0 fully saturated rings. The lowest BCUT2D eigenvalue weighted by Gasteiger charge is -2.33. The van der Waals surface area contributed by atoms with Crippen molar-refractivity contribution in [3.8, 4) is 0 Å². The monoisotopic (exact) mass is 286 g/mol. The van der Waals surface area contributed by atoms with E-state index in [2.05, 4.69) is 18.4 Å². The SMILES string of the molecule is Cc1ccc(C(=O)N2CCc3sccc3C2C)cc1N. The molecule has 0 saturated heterocycles. The number of aryl methyl sites for hydroxylation is 1. The van der Waals surface area contributed by atoms with Crippen LogP contribution in [0, 0.1) is 6.92 Å². The molecule has 1 unspecified atom stereocenters. The van der Waals surface area contributed by atoms with Gasteiger partial charge in [0.1, 0.15) is 0 Å². The fraction of sp³-hybridized carbons (Fsp3) is 0.312. The van der Waals surface area contributed by atoms with E-state index in [0.29, 0.717) is 11.3 Å². The second-order valence-corrected chi connectivity index (χ2v) is 6.30. The van der Waals surface area contributed by atoms with Crippen molar-refractivity contribution in [2.24, 2.45) is 0 Å². The Morgan fingerprint density at radius 3 is 2.95 bits per heavy atom. The number of fused-ring (bicyclic) bond motifs is 1. The van der Waals surface area contributed by atoms with Crippen LogP contribution < -0.4 is 5.73 Å². The number of hydrogen-bond donors (Lipinski definition) is 1. The number of rotatable bonds is 1. The molecular formula is C16H18N2OS. The molecule has 3 rings (SSSR count). The lowest BCUT2D eigenvalue weighted by molar-refractivity contribution is 0.0679. The number of benzene rings is 1. The van der Waals surface area contributed by atoms with Crippen LogP contribution in [-0.4, -0.2) is 17.4 Å². The lowest BCUT2D eigenvalue weighted by atomic mass is 10.00. The summed E-state index contributed by atoms with van der Waals surface area (Å²) in [6, 6.07) is 7.83. The number of thiophene rings is 1. The zero-order valence-electron chi connectivity index (χ0n) is 11.7. The highest BCUT2D eigenvalue weighted by Gasteiger charge is 2.28. The van der Waals surface area contributed by atoms with Crippen molar-refractivity contribution in [1.29, 1.82) is 0 Å². The molecule has 1 aliphatic heterocycles. The maximum Gasteiger partial charge on any atom is 0.254 e. The molecule has 0 radical (unpaired) electrons. The van der Waals surface area contributed by atoms with Crippen LogP contribution in [-0.2, 0) is 6.42 Å². The van der Waals surface area contributed by atoms with Crippen LogP contribution in [0.2, 0.25) is 0 Å². The summed E-state index contributed by atoms with van der Waals surface area (Å²) < 4.78 is 0. The molecule has 4 heteroatoms. The molecule has 0 spiro atoms. The van der Waals surface area contributed by atoms with Gasteiger partial charge in [0.15, 0.2) is 0 Å². The van der Waals surface area contributed by atoms with Crippen molar-refractivity contribution in [1.82, 2.24) is 4.90 Å². The Labute approximate surface area is 123 Å². The van der Waals surface area contributed by atoms with Crippen molar-refractivity contribution in [2.45, 2.75) is 26.3 Å². The van der Waals surface area contributed by atoms with Gasteiger partial charge >= 0.3 is 0 Å². The Kier molecular flexibility index (Phi) is 3.26. The minimum Gasteiger partial charge on any atom is -0.398 e. The molecule has 0 saturated carbocycles. The average Bonchev–Trinajstić information content (AvgIpc) is 2.91. The summed E-state index contributed by atoms with van der Waals surface area (Å²) in [5, 5.41) is 2.11. The highest BCUT2D eigenvalue weighted by Crippen LogP contribution is 2.33. The Balaban J connectivity index is 1.90. The Morgan fingerprint density at radius 2 is 2.20 bits per heavy atom. The van der Waals surface area contributed by atoms with E-state index >= 15 is 0 Å². The van der Waals surface area contributed by atoms with E-state index in [1.54, 1.807) is 17.4 Å². The first-order chi connectivity index (χ1) is 9.58. The van der Waals surface area contributed by atoms with Crippen LogP contribution in [0.1, 0.15) is 39.3 Å². The van der Waals surface area contributed by atoms with Crippen molar-refractivity contribution < 1.29 is 4.79 Å². The van der Waals surface area contributed by atoms with E-state index in [4.69, 9.17) is 5.73 Å². The van der Waals surface area contributed by atoms with Gasteiger partial charge in [-0.15, -0.1) is 11.3 Å². The van der Waals surface area contributed by atoms with Crippen molar-refractivity contribution in [3.63, 3.8) is 0 Å². The van der Waals surface area contributed by atoms with E-state index in [0.717, 1.165) is 18.5 Å². The molecule has 0 bridgehead atoms. The van der Waals surface area contributed by atoms with E-state index < -0.39 is 0 Å². The van der Waals surface area contributed by atoms with Gasteiger partial charge in [-0.2, -0.15) is 0 Å². The summed E-state index contributed by atoms with van der Waals surface area (Å²) in [4.78, 5) is 16.0. The highest BCUT2D eigenvalue weighted by atomic mass is 32.1. The maximum atomic E-state index is 12.7. The van der Waals surface area contributed by atoms with Crippen LogP contribution >= 0.6 is 11.3 Å². The van der Waals surface area contributed by atoms with Gasteiger partial charge in [-0.1, -0.05) is 6.07 Å². The smallest absolute Gasteiger partial charge is 0.254 e. The minimum atomic E-state index is 0.0704. The first kappa shape index (κ1) is 13.2. The zero-order chi connectivity index (χ0) is 14.3. The molecule has 2 aromatic rings. The Hall–Kier alpha value is -1.81. The third kappa shape index (κ3) is 2.10. The van der Waals surface area contributed by atoms with E-state index in [1.165, 1.54) is 10.4 Å². The predicted octanol–water partition coefficient (Wildman–Crippen LogP) is 3.40. The Morgan fingerprint density at radius 1 is 1.40 bits per heavy atom. The van der Waals surface area contributed by atoms with Gasteiger partial charge in [-0.25, -0.2) is 0 Å². The molecule has 104 valence electrons. The number of nitrogens with two attached hydrogens (primary N) is 1. The predicted molar refractivity (Wildman–Crippen MR) is 83.1 cm³/mol. The summed E-state index contributed by atoms with van der Waals surface area (Å²) in [6.45, 7) is 4.83. The standard InChI is InChI=1S/C16H18N2OS/c1-10-3-4-12(9-14(10)17)16(19)18-7-5-15-13(11(18)2)6-8-20-15/h3-4,6,8-9,11H,5,7,17H2,1-2H3. The zero-order valence-corrected chi connectivity index (χ0v) is 12.5. The van der Waals surface area contributed by atoms with Crippen molar-refractivity contribution >= 4 is 22.9 Å². The number of anilines is 1. The highest BCUT2D eigenvalue weighted by molar-refractivity contribution is 7.10. The van der Waals surface area contributed by atoms with Gasteiger partial charge in [0.2, 0.25) is 0 Å². The molecule has 1 aromatic heterocycles. The van der Waals surface area contributed by atoms with Crippen LogP contribution in [0.5, 0.6) is 0 Å². The van der Waals surface area contributed by atoms with Crippen molar-refractivity contribution in [2.75, 3.05) is 12.3 Å².